The van der Waals surface area contributed by atoms with E-state index in [-0.39, 0.29) is 5.91 Å². The highest BCUT2D eigenvalue weighted by Gasteiger charge is 2.08. The fraction of sp³-hybridized carbons (Fsp3) is 0.261. The van der Waals surface area contributed by atoms with Gasteiger partial charge in [-0.3, -0.25) is 4.79 Å². The summed E-state index contributed by atoms with van der Waals surface area (Å²) in [6.45, 7) is 1.27. The predicted molar refractivity (Wildman–Crippen MR) is 114 cm³/mol. The third-order valence-corrected chi connectivity index (χ3v) is 4.49. The fourth-order valence-corrected chi connectivity index (χ4v) is 2.95. The molecule has 29 heavy (non-hydrogen) atoms. The number of ether oxygens (including phenoxy) is 1. The topological polar surface area (TPSA) is 76.1 Å². The van der Waals surface area contributed by atoms with Gasteiger partial charge in [-0.2, -0.15) is 0 Å². The molecule has 0 aliphatic heterocycles. The van der Waals surface area contributed by atoms with Gasteiger partial charge in [-0.1, -0.05) is 42.5 Å². The predicted octanol–water partition coefficient (Wildman–Crippen LogP) is 3.50. The summed E-state index contributed by atoms with van der Waals surface area (Å²) in [7, 11) is 1.64. The zero-order chi connectivity index (χ0) is 20.3. The van der Waals surface area contributed by atoms with Gasteiger partial charge >= 0.3 is 0 Å². The summed E-state index contributed by atoms with van der Waals surface area (Å²) in [5.41, 5.74) is 2.77. The first-order valence-electron chi connectivity index (χ1n) is 9.76. The molecule has 1 amide bonds. The highest BCUT2D eigenvalue weighted by atomic mass is 16.5. The summed E-state index contributed by atoms with van der Waals surface area (Å²) in [6.07, 6.45) is 4.27. The SMILES string of the molecule is COc1cccc(CCNC(=O)c2ccnc(NCCCc3ccccc3)n2)c1. The molecule has 0 saturated heterocycles. The highest BCUT2D eigenvalue weighted by Crippen LogP contribution is 2.12. The number of benzene rings is 2. The molecule has 0 spiro atoms. The van der Waals surface area contributed by atoms with E-state index < -0.39 is 0 Å². The quantitative estimate of drug-likeness (QED) is 0.518. The van der Waals surface area contributed by atoms with Gasteiger partial charge in [-0.25, -0.2) is 9.97 Å². The Balaban J connectivity index is 1.43. The molecular formula is C23H26N4O2. The summed E-state index contributed by atoms with van der Waals surface area (Å²) in [5, 5.41) is 6.09. The molecular weight excluding hydrogens is 364 g/mol. The minimum atomic E-state index is -0.206. The van der Waals surface area contributed by atoms with Crippen LogP contribution in [0.5, 0.6) is 5.75 Å². The minimum absolute atomic E-state index is 0.206. The van der Waals surface area contributed by atoms with Crippen LogP contribution in [0.4, 0.5) is 5.95 Å². The molecule has 6 heteroatoms. The Kier molecular flexibility index (Phi) is 7.57. The van der Waals surface area contributed by atoms with Crippen molar-refractivity contribution in [1.82, 2.24) is 15.3 Å². The highest BCUT2D eigenvalue weighted by molar-refractivity contribution is 5.92. The van der Waals surface area contributed by atoms with Gasteiger partial charge in [0.2, 0.25) is 5.95 Å². The number of methoxy groups -OCH3 is 1. The van der Waals surface area contributed by atoms with E-state index in [1.807, 2.05) is 42.5 Å². The van der Waals surface area contributed by atoms with Gasteiger partial charge in [-0.15, -0.1) is 0 Å². The lowest BCUT2D eigenvalue weighted by atomic mass is 10.1. The van der Waals surface area contributed by atoms with Gasteiger partial charge in [0.15, 0.2) is 0 Å². The van der Waals surface area contributed by atoms with Crippen LogP contribution in [0.3, 0.4) is 0 Å². The van der Waals surface area contributed by atoms with E-state index in [0.717, 1.165) is 37.1 Å². The second kappa shape index (κ2) is 10.8. The fourth-order valence-electron chi connectivity index (χ4n) is 2.95. The summed E-state index contributed by atoms with van der Waals surface area (Å²) in [6, 6.07) is 19.8. The summed E-state index contributed by atoms with van der Waals surface area (Å²) < 4.78 is 5.22. The first-order chi connectivity index (χ1) is 14.2. The first-order valence-corrected chi connectivity index (χ1v) is 9.76. The monoisotopic (exact) mass is 390 g/mol. The van der Waals surface area contributed by atoms with Crippen molar-refractivity contribution in [3.8, 4) is 5.75 Å². The molecule has 0 aliphatic rings. The molecule has 2 aromatic carbocycles. The molecule has 0 saturated carbocycles. The summed E-state index contributed by atoms with van der Waals surface area (Å²) >= 11 is 0. The number of rotatable bonds is 10. The molecule has 1 aromatic heterocycles. The van der Waals surface area contributed by atoms with Crippen molar-refractivity contribution in [2.24, 2.45) is 0 Å². The van der Waals surface area contributed by atoms with E-state index >= 15 is 0 Å². The number of aryl methyl sites for hydroxylation is 1. The number of amides is 1. The summed E-state index contributed by atoms with van der Waals surface area (Å²) in [5.74, 6) is 1.08. The first kappa shape index (κ1) is 20.3. The van der Waals surface area contributed by atoms with Crippen LogP contribution in [0.25, 0.3) is 0 Å². The standard InChI is InChI=1S/C23H26N4O2/c1-29-20-11-5-9-19(17-20)12-15-24-22(28)21-13-16-26-23(27-21)25-14-6-10-18-7-3-2-4-8-18/h2-5,7-9,11,13,16-17H,6,10,12,14-15H2,1H3,(H,24,28)(H,25,26,27). The van der Waals surface area contributed by atoms with Gasteiger partial charge in [-0.05, 0) is 48.6 Å². The van der Waals surface area contributed by atoms with Crippen LogP contribution in [-0.2, 0) is 12.8 Å². The van der Waals surface area contributed by atoms with Crippen LogP contribution < -0.4 is 15.4 Å². The molecule has 2 N–H and O–H groups in total. The number of aromatic nitrogens is 2. The average Bonchev–Trinajstić information content (AvgIpc) is 2.78. The largest absolute Gasteiger partial charge is 0.497 e. The third kappa shape index (κ3) is 6.60. The van der Waals surface area contributed by atoms with E-state index in [1.54, 1.807) is 19.4 Å². The van der Waals surface area contributed by atoms with E-state index in [4.69, 9.17) is 4.74 Å². The molecule has 150 valence electrons. The zero-order valence-electron chi connectivity index (χ0n) is 16.6. The van der Waals surface area contributed by atoms with E-state index in [9.17, 15) is 4.79 Å². The number of nitrogens with zero attached hydrogens (tertiary/aromatic N) is 2. The lowest BCUT2D eigenvalue weighted by molar-refractivity contribution is 0.0949. The molecule has 0 fully saturated rings. The maximum atomic E-state index is 12.4. The minimum Gasteiger partial charge on any atom is -0.497 e. The van der Waals surface area contributed by atoms with Gasteiger partial charge in [0.05, 0.1) is 7.11 Å². The molecule has 0 bridgehead atoms. The molecule has 0 atom stereocenters. The van der Waals surface area contributed by atoms with Gasteiger partial charge in [0.1, 0.15) is 11.4 Å². The van der Waals surface area contributed by atoms with Crippen molar-refractivity contribution in [2.45, 2.75) is 19.3 Å². The zero-order valence-corrected chi connectivity index (χ0v) is 16.6. The van der Waals surface area contributed by atoms with E-state index in [2.05, 4.69) is 32.7 Å². The number of nitrogens with one attached hydrogen (secondary N) is 2. The van der Waals surface area contributed by atoms with E-state index in [0.29, 0.717) is 18.2 Å². The molecule has 0 radical (unpaired) electrons. The lowest BCUT2D eigenvalue weighted by Crippen LogP contribution is -2.27. The van der Waals surface area contributed by atoms with Crippen molar-refractivity contribution in [1.29, 1.82) is 0 Å². The van der Waals surface area contributed by atoms with E-state index in [1.165, 1.54) is 5.56 Å². The number of anilines is 1. The Labute approximate surface area is 171 Å². The van der Waals surface area contributed by atoms with Crippen LogP contribution >= 0.6 is 0 Å². The second-order valence-corrected chi connectivity index (χ2v) is 6.64. The number of carbonyl (C=O) groups is 1. The van der Waals surface area contributed by atoms with Crippen LogP contribution in [0.15, 0.2) is 66.9 Å². The van der Waals surface area contributed by atoms with Crippen LogP contribution in [0.1, 0.15) is 28.0 Å². The molecule has 3 rings (SSSR count). The smallest absolute Gasteiger partial charge is 0.270 e. The molecule has 0 aliphatic carbocycles. The van der Waals surface area contributed by atoms with Gasteiger partial charge in [0, 0.05) is 19.3 Å². The maximum absolute atomic E-state index is 12.4. The lowest BCUT2D eigenvalue weighted by Gasteiger charge is -2.08. The molecule has 1 heterocycles. The van der Waals surface area contributed by atoms with Crippen LogP contribution in [0.2, 0.25) is 0 Å². The molecule has 3 aromatic rings. The second-order valence-electron chi connectivity index (χ2n) is 6.64. The third-order valence-electron chi connectivity index (χ3n) is 4.49. The Morgan fingerprint density at radius 3 is 2.62 bits per heavy atom. The normalized spacial score (nSPS) is 10.4. The van der Waals surface area contributed by atoms with Gasteiger partial charge in [0.25, 0.3) is 5.91 Å². The van der Waals surface area contributed by atoms with Crippen molar-refractivity contribution < 1.29 is 9.53 Å². The number of hydrogen-bond donors (Lipinski definition) is 2. The average molecular weight is 390 g/mol. The number of hydrogen-bond acceptors (Lipinski definition) is 5. The van der Waals surface area contributed by atoms with Crippen molar-refractivity contribution >= 4 is 11.9 Å². The van der Waals surface area contributed by atoms with Crippen LogP contribution in [0, 0.1) is 0 Å². The van der Waals surface area contributed by atoms with Gasteiger partial charge < -0.3 is 15.4 Å². The van der Waals surface area contributed by atoms with Crippen molar-refractivity contribution in [3.63, 3.8) is 0 Å². The maximum Gasteiger partial charge on any atom is 0.270 e. The Morgan fingerprint density at radius 2 is 1.79 bits per heavy atom. The summed E-state index contributed by atoms with van der Waals surface area (Å²) in [4.78, 5) is 20.9. The Hall–Kier alpha value is -3.41. The molecule has 0 unspecified atom stereocenters. The number of carbonyl (C=O) groups excluding carboxylic acids is 1. The Bertz CT molecular complexity index is 916. The molecule has 6 nitrogen and oxygen atoms in total. The van der Waals surface area contributed by atoms with Crippen LogP contribution in [-0.4, -0.2) is 36.1 Å². The van der Waals surface area contributed by atoms with Crippen molar-refractivity contribution in [3.05, 3.63) is 83.7 Å². The Morgan fingerprint density at radius 1 is 0.966 bits per heavy atom. The van der Waals surface area contributed by atoms with Crippen molar-refractivity contribution in [2.75, 3.05) is 25.5 Å².